The first-order valence-corrected chi connectivity index (χ1v) is 8.97. The summed E-state index contributed by atoms with van der Waals surface area (Å²) < 4.78 is 0. The Morgan fingerprint density at radius 3 is 2.46 bits per heavy atom. The number of hydrogen-bond donors (Lipinski definition) is 2. The Bertz CT molecular complexity index is 653. The number of fused-ring (bicyclic) bond motifs is 2. The number of carbonyl (C=O) groups is 2. The first-order valence-electron chi connectivity index (χ1n) is 8.97. The van der Waals surface area contributed by atoms with Gasteiger partial charge in [-0.3, -0.25) is 9.59 Å². The van der Waals surface area contributed by atoms with E-state index < -0.39 is 23.1 Å². The van der Waals surface area contributed by atoms with Gasteiger partial charge in [0.05, 0.1) is 12.7 Å². The summed E-state index contributed by atoms with van der Waals surface area (Å²) in [7, 11) is 0. The number of hydrogen-bond acceptors (Lipinski definition) is 4. The van der Waals surface area contributed by atoms with Gasteiger partial charge in [-0.1, -0.05) is 33.8 Å². The lowest BCUT2D eigenvalue weighted by Gasteiger charge is -2.56. The van der Waals surface area contributed by atoms with Gasteiger partial charge >= 0.3 is 0 Å². The van der Waals surface area contributed by atoms with Crippen molar-refractivity contribution in [2.75, 3.05) is 6.61 Å². The van der Waals surface area contributed by atoms with Crippen LogP contribution in [0.5, 0.6) is 0 Å². The van der Waals surface area contributed by atoms with E-state index >= 15 is 0 Å². The smallest absolute Gasteiger partial charge is 0.230 e. The predicted molar refractivity (Wildman–Crippen MR) is 91.2 cm³/mol. The average molecular weight is 332 g/mol. The second-order valence-corrected chi connectivity index (χ2v) is 8.77. The third-order valence-corrected chi connectivity index (χ3v) is 6.42. The number of aliphatic hydroxyl groups excluding tert-OH is 2. The number of rotatable bonds is 2. The number of aliphatic hydroxyl groups is 2. The SMILES string of the molecule is CC(C)C1=CC2=C(C(=O)C1=O)[C@]1(CO)C[C@H](O)CC(C)(C)[C@H]1CC2. The molecule has 0 amide bonds. The normalized spacial score (nSPS) is 35.7. The average Bonchev–Trinajstić information content (AvgIpc) is 2.48. The lowest BCUT2D eigenvalue weighted by molar-refractivity contribution is -0.137. The summed E-state index contributed by atoms with van der Waals surface area (Å²) in [6.07, 6.45) is 3.98. The van der Waals surface area contributed by atoms with E-state index in [9.17, 15) is 19.8 Å². The summed E-state index contributed by atoms with van der Waals surface area (Å²) in [6, 6.07) is 0. The maximum absolute atomic E-state index is 13.0. The van der Waals surface area contributed by atoms with Gasteiger partial charge in [0.25, 0.3) is 0 Å². The number of Topliss-reactive ketones (excluding diaryl/α,β-unsaturated/α-hetero) is 2. The van der Waals surface area contributed by atoms with Gasteiger partial charge in [0.2, 0.25) is 11.6 Å². The zero-order valence-electron chi connectivity index (χ0n) is 15.1. The van der Waals surface area contributed by atoms with Crippen molar-refractivity contribution in [3.8, 4) is 0 Å². The van der Waals surface area contributed by atoms with Gasteiger partial charge < -0.3 is 10.2 Å². The topological polar surface area (TPSA) is 74.6 Å². The van der Waals surface area contributed by atoms with Crippen LogP contribution in [-0.4, -0.2) is 34.5 Å². The van der Waals surface area contributed by atoms with Crippen molar-refractivity contribution in [3.05, 3.63) is 22.8 Å². The zero-order chi connectivity index (χ0) is 17.9. The molecular formula is C20H28O4. The molecule has 0 aromatic rings. The van der Waals surface area contributed by atoms with Crippen LogP contribution in [0.25, 0.3) is 0 Å². The molecule has 3 rings (SSSR count). The van der Waals surface area contributed by atoms with Crippen molar-refractivity contribution in [2.45, 2.75) is 59.5 Å². The highest BCUT2D eigenvalue weighted by Gasteiger charge is 2.58. The molecule has 132 valence electrons. The monoisotopic (exact) mass is 332 g/mol. The molecule has 4 nitrogen and oxygen atoms in total. The summed E-state index contributed by atoms with van der Waals surface area (Å²) in [6.45, 7) is 7.84. The highest BCUT2D eigenvalue weighted by molar-refractivity contribution is 6.50. The van der Waals surface area contributed by atoms with Crippen molar-refractivity contribution in [1.82, 2.24) is 0 Å². The maximum Gasteiger partial charge on any atom is 0.230 e. The minimum absolute atomic E-state index is 0.00619. The fourth-order valence-corrected chi connectivity index (χ4v) is 5.52. The third-order valence-electron chi connectivity index (χ3n) is 6.42. The van der Waals surface area contributed by atoms with E-state index in [0.717, 1.165) is 18.4 Å². The van der Waals surface area contributed by atoms with E-state index in [-0.39, 0.29) is 23.9 Å². The lowest BCUT2D eigenvalue weighted by Crippen LogP contribution is -2.55. The Kier molecular flexibility index (Phi) is 4.12. The Balaban J connectivity index is 2.20. The molecule has 4 heteroatoms. The predicted octanol–water partition coefficient (Wildman–Crippen LogP) is 2.59. The van der Waals surface area contributed by atoms with Crippen LogP contribution in [0.1, 0.15) is 53.4 Å². The first-order chi connectivity index (χ1) is 11.1. The van der Waals surface area contributed by atoms with Gasteiger partial charge in [0, 0.05) is 16.6 Å². The van der Waals surface area contributed by atoms with Crippen molar-refractivity contribution in [1.29, 1.82) is 0 Å². The summed E-state index contributed by atoms with van der Waals surface area (Å²) in [4.78, 5) is 25.6. The molecule has 0 saturated heterocycles. The van der Waals surface area contributed by atoms with Gasteiger partial charge in [0.1, 0.15) is 0 Å². The molecule has 2 N–H and O–H groups in total. The molecule has 3 atom stereocenters. The van der Waals surface area contributed by atoms with Crippen molar-refractivity contribution < 1.29 is 19.8 Å². The second-order valence-electron chi connectivity index (χ2n) is 8.77. The molecule has 0 heterocycles. The first kappa shape index (κ1) is 17.6. The van der Waals surface area contributed by atoms with E-state index in [1.165, 1.54) is 0 Å². The second kappa shape index (κ2) is 5.63. The molecule has 0 bridgehead atoms. The molecule has 1 fully saturated rings. The Hall–Kier alpha value is -1.26. The Morgan fingerprint density at radius 1 is 1.21 bits per heavy atom. The summed E-state index contributed by atoms with van der Waals surface area (Å²) in [5, 5.41) is 20.7. The van der Waals surface area contributed by atoms with Crippen LogP contribution in [0, 0.1) is 22.7 Å². The van der Waals surface area contributed by atoms with Crippen LogP contribution in [-0.2, 0) is 9.59 Å². The zero-order valence-corrected chi connectivity index (χ0v) is 15.1. The van der Waals surface area contributed by atoms with Crippen LogP contribution < -0.4 is 0 Å². The molecule has 0 aromatic heterocycles. The van der Waals surface area contributed by atoms with E-state index in [2.05, 4.69) is 13.8 Å². The van der Waals surface area contributed by atoms with Crippen molar-refractivity contribution in [2.24, 2.45) is 22.7 Å². The van der Waals surface area contributed by atoms with Crippen LogP contribution >= 0.6 is 0 Å². The number of carbonyl (C=O) groups excluding carboxylic acids is 2. The molecule has 1 saturated carbocycles. The number of ketones is 2. The third kappa shape index (κ3) is 2.34. The standard InChI is InChI=1S/C20H28O4/c1-11(2)14-7-12-5-6-15-19(3,4)8-13(22)9-20(15,10-21)16(12)18(24)17(14)23/h7,11,13,15,21-22H,5-6,8-10H2,1-4H3/t13-,15-,20+/m1/s1. The highest BCUT2D eigenvalue weighted by atomic mass is 16.3. The minimum atomic E-state index is -0.791. The lowest BCUT2D eigenvalue weighted by atomic mass is 9.48. The minimum Gasteiger partial charge on any atom is -0.395 e. The van der Waals surface area contributed by atoms with E-state index in [1.54, 1.807) is 0 Å². The van der Waals surface area contributed by atoms with Gasteiger partial charge in [-0.25, -0.2) is 0 Å². The van der Waals surface area contributed by atoms with Gasteiger partial charge in [-0.2, -0.15) is 0 Å². The molecule has 0 aromatic carbocycles. The fourth-order valence-electron chi connectivity index (χ4n) is 5.52. The molecule has 3 aliphatic carbocycles. The summed E-state index contributed by atoms with van der Waals surface area (Å²) >= 11 is 0. The molecule has 0 unspecified atom stereocenters. The molecule has 3 aliphatic rings. The van der Waals surface area contributed by atoms with Crippen LogP contribution in [0.15, 0.2) is 22.8 Å². The molecular weight excluding hydrogens is 304 g/mol. The summed E-state index contributed by atoms with van der Waals surface area (Å²) in [5.41, 5.74) is 0.993. The molecule has 0 spiro atoms. The molecule has 0 radical (unpaired) electrons. The van der Waals surface area contributed by atoms with Gasteiger partial charge in [-0.15, -0.1) is 0 Å². The van der Waals surface area contributed by atoms with E-state index in [1.807, 2.05) is 19.9 Å². The van der Waals surface area contributed by atoms with E-state index in [4.69, 9.17) is 0 Å². The highest BCUT2D eigenvalue weighted by Crippen LogP contribution is 2.60. The summed E-state index contributed by atoms with van der Waals surface area (Å²) in [5.74, 6) is -0.787. The molecule has 0 aliphatic heterocycles. The number of allylic oxidation sites excluding steroid dienone is 3. The largest absolute Gasteiger partial charge is 0.395 e. The van der Waals surface area contributed by atoms with Crippen molar-refractivity contribution >= 4 is 11.6 Å². The van der Waals surface area contributed by atoms with Crippen LogP contribution in [0.2, 0.25) is 0 Å². The van der Waals surface area contributed by atoms with E-state index in [0.29, 0.717) is 24.0 Å². The van der Waals surface area contributed by atoms with Crippen LogP contribution in [0.3, 0.4) is 0 Å². The quantitative estimate of drug-likeness (QED) is 0.602. The molecule has 24 heavy (non-hydrogen) atoms. The Labute approximate surface area is 143 Å². The van der Waals surface area contributed by atoms with Crippen molar-refractivity contribution in [3.63, 3.8) is 0 Å². The maximum atomic E-state index is 13.0. The van der Waals surface area contributed by atoms with Crippen LogP contribution in [0.4, 0.5) is 0 Å². The Morgan fingerprint density at radius 2 is 1.88 bits per heavy atom. The van der Waals surface area contributed by atoms with Gasteiger partial charge in [-0.05, 0) is 48.5 Å². The fraction of sp³-hybridized carbons (Fsp3) is 0.700. The van der Waals surface area contributed by atoms with Gasteiger partial charge in [0.15, 0.2) is 0 Å².